The summed E-state index contributed by atoms with van der Waals surface area (Å²) < 4.78 is 0. The summed E-state index contributed by atoms with van der Waals surface area (Å²) in [6.45, 7) is -3.97. The highest BCUT2D eigenvalue weighted by atomic mass is 16.4. The Hall–Kier alpha value is -5.37. The number of carboxylic acid groups (broad SMARTS) is 3. The molecule has 75 heavy (non-hydrogen) atoms. The molecule has 0 aliphatic carbocycles. The molecule has 12 atom stereocenters. The van der Waals surface area contributed by atoms with Gasteiger partial charge in [-0.3, -0.25) is 57.9 Å². The Labute approximate surface area is 430 Å². The van der Waals surface area contributed by atoms with Crippen molar-refractivity contribution in [1.29, 1.82) is 0 Å². The molecule has 0 rings (SSSR count). The molecular formula is C42H77N9O24. The minimum atomic E-state index is -2.10. The lowest BCUT2D eigenvalue weighted by atomic mass is 10.1. The maximum Gasteiger partial charge on any atom is 0.317 e. The molecule has 0 fully saturated rings. The van der Waals surface area contributed by atoms with E-state index < -0.39 is 212 Å². The van der Waals surface area contributed by atoms with Gasteiger partial charge in [0.2, 0.25) is 11.8 Å². The van der Waals surface area contributed by atoms with Crippen molar-refractivity contribution in [2.24, 2.45) is 0 Å². The van der Waals surface area contributed by atoms with Crippen LogP contribution in [0.15, 0.2) is 0 Å². The van der Waals surface area contributed by atoms with Gasteiger partial charge in [0.05, 0.1) is 57.1 Å². The van der Waals surface area contributed by atoms with Crippen LogP contribution in [-0.4, -0.2) is 339 Å². The second-order valence-electron chi connectivity index (χ2n) is 17.5. The second-order valence-corrected chi connectivity index (χ2v) is 17.5. The molecule has 33 nitrogen and oxygen atoms in total. The number of nitrogens with one attached hydrogen (secondary N) is 4. The molecule has 0 radical (unpaired) electrons. The molecule has 19 N–H and O–H groups in total. The van der Waals surface area contributed by atoms with E-state index in [1.54, 1.807) is 0 Å². The van der Waals surface area contributed by atoms with Gasteiger partial charge in [-0.15, -0.1) is 0 Å². The van der Waals surface area contributed by atoms with E-state index in [9.17, 15) is 120 Å². The third-order valence-corrected chi connectivity index (χ3v) is 11.0. The highest BCUT2D eigenvalue weighted by Crippen LogP contribution is 2.06. The van der Waals surface area contributed by atoms with Crippen LogP contribution in [0, 0.1) is 0 Å². The van der Waals surface area contributed by atoms with Gasteiger partial charge in [-0.25, -0.2) is 0 Å². The van der Waals surface area contributed by atoms with Gasteiger partial charge in [0.25, 0.3) is 23.6 Å². The van der Waals surface area contributed by atoms with E-state index in [0.29, 0.717) is 0 Å². The SMILES string of the molecule is C[C@H](O)[C@@H](O)[C@@H](O)C(=O)NCCN(CCNC(=O)[C@H](O)[C@H](O)[C@H](C)O)C(=O)CN(CCN(CCN(CC(=O)O)CC(=O)N(CCNC(=O)[C@H](O)[C@H](O)[C@H](C)O)CCNC(=O)[C@H](O)[C@H](O)[C@H](C)O)CC(=O)O)CC(=O)O. The van der Waals surface area contributed by atoms with Gasteiger partial charge in [-0.1, -0.05) is 0 Å². The summed E-state index contributed by atoms with van der Waals surface area (Å²) in [6, 6.07) is 0. The van der Waals surface area contributed by atoms with E-state index in [-0.39, 0.29) is 26.2 Å². The highest BCUT2D eigenvalue weighted by molar-refractivity contribution is 5.84. The van der Waals surface area contributed by atoms with Crippen molar-refractivity contribution in [2.45, 2.75) is 101 Å². The zero-order chi connectivity index (χ0) is 57.9. The quantitative estimate of drug-likeness (QED) is 0.0271. The van der Waals surface area contributed by atoms with Crippen LogP contribution in [0.3, 0.4) is 0 Å². The zero-order valence-corrected chi connectivity index (χ0v) is 42.1. The summed E-state index contributed by atoms with van der Waals surface area (Å²) in [5, 5.41) is 156. The molecule has 0 aliphatic rings. The fraction of sp³-hybridized carbons (Fsp3) is 0.786. The first-order valence-corrected chi connectivity index (χ1v) is 23.5. The van der Waals surface area contributed by atoms with Gasteiger partial charge < -0.3 is 108 Å². The van der Waals surface area contributed by atoms with Crippen molar-refractivity contribution < 1.29 is 120 Å². The third kappa shape index (κ3) is 27.8. The van der Waals surface area contributed by atoms with Crippen molar-refractivity contribution >= 4 is 53.4 Å². The zero-order valence-electron chi connectivity index (χ0n) is 42.1. The largest absolute Gasteiger partial charge is 0.480 e. The number of carbonyl (C=O) groups is 9. The smallest absolute Gasteiger partial charge is 0.317 e. The molecule has 0 saturated heterocycles. The summed E-state index contributed by atoms with van der Waals surface area (Å²) in [5.74, 6) is -10.6. The van der Waals surface area contributed by atoms with Crippen LogP contribution in [-0.2, 0) is 43.2 Å². The lowest BCUT2D eigenvalue weighted by molar-refractivity contribution is -0.143. The Morgan fingerprint density at radius 2 is 0.520 bits per heavy atom. The van der Waals surface area contributed by atoms with Crippen LogP contribution in [0.4, 0.5) is 0 Å². The maximum absolute atomic E-state index is 13.7. The predicted molar refractivity (Wildman–Crippen MR) is 252 cm³/mol. The lowest BCUT2D eigenvalue weighted by Gasteiger charge is -2.31. The van der Waals surface area contributed by atoms with Gasteiger partial charge >= 0.3 is 17.9 Å². The number of aliphatic carboxylic acids is 3. The highest BCUT2D eigenvalue weighted by Gasteiger charge is 2.32. The third-order valence-electron chi connectivity index (χ3n) is 11.0. The Kier molecular flexibility index (Phi) is 33.2. The summed E-state index contributed by atoms with van der Waals surface area (Å²) in [6.07, 6.45) is -22.0. The number of carboxylic acids is 3. The number of hydrogen-bond donors (Lipinski definition) is 19. The fourth-order valence-corrected chi connectivity index (χ4v) is 6.49. The molecule has 0 aliphatic heterocycles. The summed E-state index contributed by atoms with van der Waals surface area (Å²) >= 11 is 0. The van der Waals surface area contributed by atoms with Crippen molar-refractivity contribution in [3.05, 3.63) is 0 Å². The number of carbonyl (C=O) groups excluding carboxylic acids is 6. The summed E-state index contributed by atoms with van der Waals surface area (Å²) in [7, 11) is 0. The Bertz CT molecular complexity index is 1620. The minimum Gasteiger partial charge on any atom is -0.480 e. The molecule has 0 spiro atoms. The van der Waals surface area contributed by atoms with Gasteiger partial charge in [-0.05, 0) is 27.7 Å². The van der Waals surface area contributed by atoms with Gasteiger partial charge in [0.15, 0.2) is 24.4 Å². The normalized spacial score (nSPS) is 16.5. The minimum absolute atomic E-state index is 0.308. The van der Waals surface area contributed by atoms with Crippen LogP contribution in [0.1, 0.15) is 27.7 Å². The molecule has 0 unspecified atom stereocenters. The predicted octanol–water partition coefficient (Wildman–Crippen LogP) is -12.3. The molecule has 6 amide bonds. The number of nitrogens with zero attached hydrogens (tertiary/aromatic N) is 5. The van der Waals surface area contributed by atoms with E-state index in [1.807, 2.05) is 0 Å². The van der Waals surface area contributed by atoms with Gasteiger partial charge in [0, 0.05) is 78.5 Å². The van der Waals surface area contributed by atoms with Gasteiger partial charge in [0.1, 0.15) is 24.4 Å². The van der Waals surface area contributed by atoms with E-state index in [4.69, 9.17) is 0 Å². The lowest BCUT2D eigenvalue weighted by Crippen LogP contribution is -2.52. The first-order chi connectivity index (χ1) is 34.8. The molecule has 0 heterocycles. The Morgan fingerprint density at radius 3 is 0.720 bits per heavy atom. The first-order valence-electron chi connectivity index (χ1n) is 23.5. The second kappa shape index (κ2) is 35.8. The number of hydrogen-bond acceptors (Lipinski definition) is 24. The van der Waals surface area contributed by atoms with E-state index in [0.717, 1.165) is 47.3 Å². The Balaban J connectivity index is 6.38. The van der Waals surface area contributed by atoms with Crippen LogP contribution in [0.2, 0.25) is 0 Å². The van der Waals surface area contributed by atoms with Crippen LogP contribution in [0.25, 0.3) is 0 Å². The molecule has 0 aromatic carbocycles. The molecule has 434 valence electrons. The van der Waals surface area contributed by atoms with E-state index >= 15 is 0 Å². The van der Waals surface area contributed by atoms with Crippen LogP contribution >= 0.6 is 0 Å². The van der Waals surface area contributed by atoms with Crippen molar-refractivity contribution in [2.75, 3.05) is 111 Å². The van der Waals surface area contributed by atoms with Crippen LogP contribution in [0.5, 0.6) is 0 Å². The maximum atomic E-state index is 13.7. The molecule has 0 aromatic heterocycles. The topological polar surface area (TPSA) is 521 Å². The average Bonchev–Trinajstić information content (AvgIpc) is 3.32. The number of rotatable bonds is 40. The van der Waals surface area contributed by atoms with Crippen molar-refractivity contribution in [3.8, 4) is 0 Å². The van der Waals surface area contributed by atoms with Crippen molar-refractivity contribution in [1.82, 2.24) is 45.8 Å². The van der Waals surface area contributed by atoms with Crippen molar-refractivity contribution in [3.63, 3.8) is 0 Å². The van der Waals surface area contributed by atoms with E-state index in [1.165, 1.54) is 4.90 Å². The summed E-state index contributed by atoms with van der Waals surface area (Å²) in [4.78, 5) is 118. The van der Waals surface area contributed by atoms with E-state index in [2.05, 4.69) is 21.3 Å². The average molecular weight is 1090 g/mol. The Morgan fingerprint density at radius 1 is 0.320 bits per heavy atom. The summed E-state index contributed by atoms with van der Waals surface area (Å²) in [5.41, 5.74) is 0. The number of aliphatic hydroxyl groups excluding tert-OH is 12. The standard InChI is InChI=1S/C42H77N9O24/c1-22(52)31(64)35(68)39(72)43-5-9-50(10-6-44-40(73)36(69)32(65)23(2)53)26(56)17-48(20-29(60)61)15-13-47(19-28(58)59)14-16-49(21-30(62)63)18-27(57)51(11-7-45-41(74)37(70)33(66)24(3)54)12-8-46-42(75)38(71)34(67)25(4)55/h22-25,31-38,52-55,64-71H,5-21H2,1-4H3,(H,43,72)(H,44,73)(H,45,74)(H,46,75)(H,58,59)(H,60,61)(H,62,63)/t22-,23-,24-,25-,31+,32+,33+,34+,35+,36+,37+,38+/m0/s1. The molecular weight excluding hydrogens is 1010 g/mol. The first kappa shape index (κ1) is 69.6. The fourth-order valence-electron chi connectivity index (χ4n) is 6.49. The molecule has 0 saturated carbocycles. The molecule has 0 aromatic rings. The van der Waals surface area contributed by atoms with Gasteiger partial charge in [-0.2, -0.15) is 0 Å². The molecule has 0 bridgehead atoms. The van der Waals surface area contributed by atoms with Crippen LogP contribution < -0.4 is 21.3 Å². The monoisotopic (exact) mass is 1090 g/mol. The molecule has 33 heteroatoms. The number of amides is 6. The number of aliphatic hydroxyl groups is 12.